The molecule has 5 heteroatoms. The first kappa shape index (κ1) is 17.9. The summed E-state index contributed by atoms with van der Waals surface area (Å²) in [7, 11) is 3.38. The molecule has 0 saturated heterocycles. The van der Waals surface area contributed by atoms with E-state index in [-0.39, 0.29) is 28.7 Å². The minimum absolute atomic E-state index is 0.0802. The van der Waals surface area contributed by atoms with Crippen LogP contribution < -0.4 is 5.32 Å². The Balaban J connectivity index is 1.78. The van der Waals surface area contributed by atoms with Crippen molar-refractivity contribution in [2.24, 2.45) is 16.7 Å². The van der Waals surface area contributed by atoms with Gasteiger partial charge in [-0.2, -0.15) is 0 Å². The van der Waals surface area contributed by atoms with Crippen molar-refractivity contribution in [3.63, 3.8) is 0 Å². The van der Waals surface area contributed by atoms with Crippen LogP contribution in [0, 0.1) is 23.7 Å². The number of fused-ring (bicyclic) bond motifs is 2. The summed E-state index contributed by atoms with van der Waals surface area (Å²) in [6.07, 6.45) is 3.49. The number of nitrogens with zero attached hydrogens (tertiary/aromatic N) is 2. The Morgan fingerprint density at radius 2 is 1.92 bits per heavy atom. The predicted molar refractivity (Wildman–Crippen MR) is 97.5 cm³/mol. The van der Waals surface area contributed by atoms with Crippen molar-refractivity contribution in [3.05, 3.63) is 29.1 Å². The van der Waals surface area contributed by atoms with E-state index >= 15 is 0 Å². The Hall–Kier alpha value is -1.91. The highest BCUT2D eigenvalue weighted by Crippen LogP contribution is 2.65. The second kappa shape index (κ2) is 5.82. The number of aryl methyl sites for hydroxylation is 1. The van der Waals surface area contributed by atoms with Gasteiger partial charge in [0, 0.05) is 20.1 Å². The molecule has 25 heavy (non-hydrogen) atoms. The maximum Gasteiger partial charge on any atom is 0.271 e. The lowest BCUT2D eigenvalue weighted by Gasteiger charge is -2.39. The molecule has 2 amide bonds. The van der Waals surface area contributed by atoms with Crippen LogP contribution in [0.4, 0.5) is 0 Å². The Labute approximate surface area is 150 Å². The largest absolute Gasteiger partial charge is 0.349 e. The highest BCUT2D eigenvalue weighted by Gasteiger charge is 2.61. The van der Waals surface area contributed by atoms with Gasteiger partial charge in [-0.25, -0.2) is 4.98 Å². The van der Waals surface area contributed by atoms with E-state index in [0.717, 1.165) is 6.42 Å². The second-order valence-electron chi connectivity index (χ2n) is 8.67. The van der Waals surface area contributed by atoms with Gasteiger partial charge in [0.25, 0.3) is 11.8 Å². The van der Waals surface area contributed by atoms with Crippen LogP contribution in [0.1, 0.15) is 66.6 Å². The van der Waals surface area contributed by atoms with Gasteiger partial charge in [0.05, 0.1) is 11.3 Å². The van der Waals surface area contributed by atoms with Crippen molar-refractivity contribution in [2.75, 3.05) is 14.1 Å². The lowest BCUT2D eigenvalue weighted by Crippen LogP contribution is -2.47. The quantitative estimate of drug-likeness (QED) is 0.917. The fourth-order valence-corrected chi connectivity index (χ4v) is 4.81. The molecule has 3 atom stereocenters. The zero-order valence-corrected chi connectivity index (χ0v) is 16.1. The van der Waals surface area contributed by atoms with Gasteiger partial charge in [0.15, 0.2) is 0 Å². The molecule has 136 valence electrons. The number of hydrogen-bond donors (Lipinski definition) is 1. The topological polar surface area (TPSA) is 62.3 Å². The van der Waals surface area contributed by atoms with Crippen molar-refractivity contribution in [1.82, 2.24) is 15.2 Å². The van der Waals surface area contributed by atoms with Gasteiger partial charge < -0.3 is 10.2 Å². The summed E-state index contributed by atoms with van der Waals surface area (Å²) >= 11 is 0. The molecule has 0 aromatic carbocycles. The first-order valence-corrected chi connectivity index (χ1v) is 9.08. The summed E-state index contributed by atoms with van der Waals surface area (Å²) in [5.41, 5.74) is 1.93. The first-order chi connectivity index (χ1) is 11.6. The summed E-state index contributed by atoms with van der Waals surface area (Å²) in [5, 5.41) is 3.26. The molecule has 1 aromatic heterocycles. The monoisotopic (exact) mass is 343 g/mol. The third-order valence-electron chi connectivity index (χ3n) is 7.06. The number of pyridine rings is 1. The summed E-state index contributed by atoms with van der Waals surface area (Å²) in [6.45, 7) is 8.78. The van der Waals surface area contributed by atoms with Crippen LogP contribution in [0.25, 0.3) is 0 Å². The summed E-state index contributed by atoms with van der Waals surface area (Å²) < 4.78 is 0. The van der Waals surface area contributed by atoms with E-state index in [4.69, 9.17) is 0 Å². The highest BCUT2D eigenvalue weighted by atomic mass is 16.2. The van der Waals surface area contributed by atoms with Crippen molar-refractivity contribution in [3.8, 4) is 0 Å². The lowest BCUT2D eigenvalue weighted by molar-refractivity contribution is 0.0810. The highest BCUT2D eigenvalue weighted by molar-refractivity contribution is 5.97. The summed E-state index contributed by atoms with van der Waals surface area (Å²) in [4.78, 5) is 30.7. The molecular weight excluding hydrogens is 314 g/mol. The molecule has 2 saturated carbocycles. The molecule has 5 nitrogen and oxygen atoms in total. The maximum atomic E-state index is 12.8. The summed E-state index contributed by atoms with van der Waals surface area (Å²) in [5.74, 6) is 0.447. The van der Waals surface area contributed by atoms with Gasteiger partial charge >= 0.3 is 0 Å². The normalized spacial score (nSPS) is 29.5. The smallest absolute Gasteiger partial charge is 0.271 e. The van der Waals surface area contributed by atoms with Gasteiger partial charge in [0.2, 0.25) is 0 Å². The number of aromatic nitrogens is 1. The zero-order valence-electron chi connectivity index (χ0n) is 16.1. The molecule has 2 aliphatic carbocycles. The molecule has 0 radical (unpaired) electrons. The average Bonchev–Trinajstić information content (AvgIpc) is 2.87. The minimum Gasteiger partial charge on any atom is -0.349 e. The first-order valence-electron chi connectivity index (χ1n) is 9.08. The SMILES string of the molecule is Cc1nc(C(=O)N(C)C)ccc1C(=O)N[C@H]1C[C@H]2CC[C@@]1(C)C2(C)C. The van der Waals surface area contributed by atoms with Gasteiger partial charge in [0.1, 0.15) is 5.69 Å². The van der Waals surface area contributed by atoms with Crippen molar-refractivity contribution in [1.29, 1.82) is 0 Å². The van der Waals surface area contributed by atoms with Crippen LogP contribution in [-0.2, 0) is 0 Å². The number of carbonyl (C=O) groups is 2. The average molecular weight is 343 g/mol. The number of carbonyl (C=O) groups excluding carboxylic acids is 2. The van der Waals surface area contributed by atoms with Crippen LogP contribution in [0.3, 0.4) is 0 Å². The van der Waals surface area contributed by atoms with Crippen LogP contribution in [-0.4, -0.2) is 41.8 Å². The van der Waals surface area contributed by atoms with E-state index in [0.29, 0.717) is 22.9 Å². The number of hydrogen-bond acceptors (Lipinski definition) is 3. The number of nitrogens with one attached hydrogen (secondary N) is 1. The molecule has 2 aliphatic rings. The molecule has 3 rings (SSSR count). The number of amides is 2. The molecule has 0 unspecified atom stereocenters. The van der Waals surface area contributed by atoms with Crippen LogP contribution in [0.5, 0.6) is 0 Å². The lowest BCUT2D eigenvalue weighted by atomic mass is 9.69. The molecule has 1 N–H and O–H groups in total. The van der Waals surface area contributed by atoms with Crippen LogP contribution >= 0.6 is 0 Å². The van der Waals surface area contributed by atoms with Crippen LogP contribution in [0.2, 0.25) is 0 Å². The Bertz CT molecular complexity index is 726. The Kier molecular flexibility index (Phi) is 4.17. The van der Waals surface area contributed by atoms with Crippen molar-refractivity contribution in [2.45, 2.75) is 53.0 Å². The standard InChI is InChI=1S/C20H29N3O2/c1-12-14(7-8-15(21-12)18(25)23(5)6)17(24)22-16-11-13-9-10-20(16,4)19(13,2)3/h7-8,13,16H,9-11H2,1-6H3,(H,22,24)/t13-,16+,20-/m1/s1. The van der Waals surface area contributed by atoms with E-state index in [9.17, 15) is 9.59 Å². The minimum atomic E-state index is -0.155. The molecule has 2 fully saturated rings. The molecule has 1 heterocycles. The fraction of sp³-hybridized carbons (Fsp3) is 0.650. The zero-order chi connectivity index (χ0) is 18.6. The van der Waals surface area contributed by atoms with E-state index in [1.165, 1.54) is 17.7 Å². The maximum absolute atomic E-state index is 12.8. The third kappa shape index (κ3) is 2.64. The van der Waals surface area contributed by atoms with Crippen molar-refractivity contribution >= 4 is 11.8 Å². The fourth-order valence-electron chi connectivity index (χ4n) is 4.81. The van der Waals surface area contributed by atoms with Gasteiger partial charge in [-0.05, 0) is 55.1 Å². The van der Waals surface area contributed by atoms with Crippen molar-refractivity contribution < 1.29 is 9.59 Å². The summed E-state index contributed by atoms with van der Waals surface area (Å²) in [6, 6.07) is 3.56. The molecule has 2 bridgehead atoms. The molecular formula is C20H29N3O2. The van der Waals surface area contributed by atoms with Gasteiger partial charge in [-0.3, -0.25) is 9.59 Å². The Morgan fingerprint density at radius 1 is 1.24 bits per heavy atom. The molecule has 0 aliphatic heterocycles. The van der Waals surface area contributed by atoms with E-state index in [1.807, 2.05) is 0 Å². The van der Waals surface area contributed by atoms with E-state index in [1.54, 1.807) is 33.2 Å². The molecule has 0 spiro atoms. The van der Waals surface area contributed by atoms with Crippen LogP contribution in [0.15, 0.2) is 12.1 Å². The number of rotatable bonds is 3. The third-order valence-corrected chi connectivity index (χ3v) is 7.06. The van der Waals surface area contributed by atoms with E-state index < -0.39 is 0 Å². The van der Waals surface area contributed by atoms with Gasteiger partial charge in [-0.1, -0.05) is 20.8 Å². The predicted octanol–water partition coefficient (Wildman–Crippen LogP) is 3.04. The van der Waals surface area contributed by atoms with E-state index in [2.05, 4.69) is 31.1 Å². The van der Waals surface area contributed by atoms with Gasteiger partial charge in [-0.15, -0.1) is 0 Å². The second-order valence-corrected chi connectivity index (χ2v) is 8.67. The molecule has 1 aromatic rings. The Morgan fingerprint density at radius 3 is 2.40 bits per heavy atom.